The second kappa shape index (κ2) is 6.13. The number of aromatic nitrogens is 2. The fourth-order valence-corrected chi connectivity index (χ4v) is 2.56. The summed E-state index contributed by atoms with van der Waals surface area (Å²) >= 11 is 0. The highest BCUT2D eigenvalue weighted by molar-refractivity contribution is 7.89. The zero-order chi connectivity index (χ0) is 12.9. The molecule has 0 spiro atoms. The van der Waals surface area contributed by atoms with Crippen molar-refractivity contribution in [2.24, 2.45) is 0 Å². The molecule has 7 heteroatoms. The molecule has 1 rings (SSSR count). The van der Waals surface area contributed by atoms with E-state index in [-0.39, 0.29) is 5.03 Å². The Labute approximate surface area is 102 Å². The lowest BCUT2D eigenvalue weighted by Crippen LogP contribution is -2.29. The molecule has 0 saturated carbocycles. The van der Waals surface area contributed by atoms with E-state index in [0.29, 0.717) is 18.8 Å². The molecule has 17 heavy (non-hydrogen) atoms. The molecule has 0 aliphatic carbocycles. The van der Waals surface area contributed by atoms with Gasteiger partial charge in [-0.25, -0.2) is 13.4 Å². The van der Waals surface area contributed by atoms with Crippen LogP contribution in [0.2, 0.25) is 0 Å². The molecule has 6 nitrogen and oxygen atoms in total. The molecule has 1 aromatic rings. The Morgan fingerprint density at radius 1 is 1.53 bits per heavy atom. The van der Waals surface area contributed by atoms with E-state index in [1.165, 1.54) is 10.5 Å². The predicted molar refractivity (Wildman–Crippen MR) is 66.3 cm³/mol. The first kappa shape index (κ1) is 14.1. The Balaban J connectivity index is 2.73. The average Bonchev–Trinajstić information content (AvgIpc) is 2.78. The van der Waals surface area contributed by atoms with Gasteiger partial charge in [0.2, 0.25) is 0 Å². The first-order valence-electron chi connectivity index (χ1n) is 5.67. The summed E-state index contributed by atoms with van der Waals surface area (Å²) in [6.45, 7) is 3.21. The van der Waals surface area contributed by atoms with Crippen molar-refractivity contribution in [3.05, 3.63) is 12.0 Å². The fourth-order valence-electron chi connectivity index (χ4n) is 1.42. The van der Waals surface area contributed by atoms with Gasteiger partial charge in [-0.3, -0.25) is 0 Å². The molecular formula is C10H20N4O2S. The number of aromatic amines is 1. The van der Waals surface area contributed by atoms with Crippen LogP contribution in [-0.4, -0.2) is 49.9 Å². The van der Waals surface area contributed by atoms with Gasteiger partial charge in [-0.05, 0) is 20.0 Å². The van der Waals surface area contributed by atoms with Gasteiger partial charge in [0.15, 0.2) is 5.03 Å². The van der Waals surface area contributed by atoms with E-state index in [1.54, 1.807) is 7.05 Å². The number of sulfonamides is 1. The number of hydrogen-bond acceptors (Lipinski definition) is 4. The molecular weight excluding hydrogens is 240 g/mol. The van der Waals surface area contributed by atoms with Gasteiger partial charge in [0, 0.05) is 20.0 Å². The van der Waals surface area contributed by atoms with Crippen LogP contribution in [0.25, 0.3) is 0 Å². The van der Waals surface area contributed by atoms with Crippen molar-refractivity contribution >= 4 is 10.0 Å². The maximum atomic E-state index is 12.1. The largest absolute Gasteiger partial charge is 0.332 e. The molecule has 1 heterocycles. The highest BCUT2D eigenvalue weighted by Crippen LogP contribution is 2.12. The van der Waals surface area contributed by atoms with Crippen molar-refractivity contribution in [3.63, 3.8) is 0 Å². The van der Waals surface area contributed by atoms with Crippen LogP contribution in [-0.2, 0) is 16.4 Å². The average molecular weight is 260 g/mol. The van der Waals surface area contributed by atoms with Crippen LogP contribution >= 0.6 is 0 Å². The lowest BCUT2D eigenvalue weighted by atomic mass is 10.4. The normalized spacial score (nSPS) is 12.2. The molecule has 0 fully saturated rings. The van der Waals surface area contributed by atoms with Gasteiger partial charge in [-0.2, -0.15) is 4.31 Å². The van der Waals surface area contributed by atoms with Crippen LogP contribution in [0.4, 0.5) is 0 Å². The van der Waals surface area contributed by atoms with Crippen molar-refractivity contribution < 1.29 is 8.42 Å². The summed E-state index contributed by atoms with van der Waals surface area (Å²) in [6, 6.07) is 0. The lowest BCUT2D eigenvalue weighted by Gasteiger charge is -2.15. The quantitative estimate of drug-likeness (QED) is 0.687. The lowest BCUT2D eigenvalue weighted by molar-refractivity contribution is 0.456. The molecule has 0 aliphatic heterocycles. The zero-order valence-corrected chi connectivity index (χ0v) is 11.3. The van der Waals surface area contributed by atoms with Gasteiger partial charge in [0.25, 0.3) is 10.0 Å². The first-order valence-corrected chi connectivity index (χ1v) is 7.11. The van der Waals surface area contributed by atoms with E-state index in [1.807, 2.05) is 14.0 Å². The molecule has 0 amide bonds. The van der Waals surface area contributed by atoms with Crippen molar-refractivity contribution in [2.45, 2.75) is 24.8 Å². The van der Waals surface area contributed by atoms with Crippen molar-refractivity contribution in [1.29, 1.82) is 0 Å². The summed E-state index contributed by atoms with van der Waals surface area (Å²) < 4.78 is 25.5. The predicted octanol–water partition coefficient (Wildman–Crippen LogP) is 0.202. The zero-order valence-electron chi connectivity index (χ0n) is 10.5. The maximum Gasteiger partial charge on any atom is 0.259 e. The van der Waals surface area contributed by atoms with Crippen LogP contribution in [0.15, 0.2) is 11.2 Å². The SMILES string of the molecule is CCc1ncc(S(=O)(=O)N(C)CCCNC)[nH]1. The van der Waals surface area contributed by atoms with E-state index in [4.69, 9.17) is 0 Å². The monoisotopic (exact) mass is 260 g/mol. The van der Waals surface area contributed by atoms with E-state index in [2.05, 4.69) is 15.3 Å². The Morgan fingerprint density at radius 2 is 2.24 bits per heavy atom. The number of aryl methyl sites for hydroxylation is 1. The number of hydrogen-bond donors (Lipinski definition) is 2. The van der Waals surface area contributed by atoms with Crippen LogP contribution < -0.4 is 5.32 Å². The minimum Gasteiger partial charge on any atom is -0.332 e. The Bertz CT molecular complexity index is 441. The highest BCUT2D eigenvalue weighted by atomic mass is 32.2. The van der Waals surface area contributed by atoms with Crippen molar-refractivity contribution in [1.82, 2.24) is 19.6 Å². The molecule has 0 bridgehead atoms. The summed E-state index contributed by atoms with van der Waals surface area (Å²) in [5.41, 5.74) is 0. The van der Waals surface area contributed by atoms with Gasteiger partial charge >= 0.3 is 0 Å². The minimum atomic E-state index is -3.42. The highest BCUT2D eigenvalue weighted by Gasteiger charge is 2.22. The van der Waals surface area contributed by atoms with E-state index < -0.39 is 10.0 Å². The van der Waals surface area contributed by atoms with Gasteiger partial charge in [-0.15, -0.1) is 0 Å². The Hall–Kier alpha value is -0.920. The number of rotatable bonds is 7. The summed E-state index contributed by atoms with van der Waals surface area (Å²) in [7, 11) is 0.00377. The Kier molecular flexibility index (Phi) is 5.10. The van der Waals surface area contributed by atoms with Crippen LogP contribution in [0.5, 0.6) is 0 Å². The molecule has 98 valence electrons. The summed E-state index contributed by atoms with van der Waals surface area (Å²) in [6.07, 6.45) is 2.85. The van der Waals surface area contributed by atoms with Crippen molar-refractivity contribution in [3.8, 4) is 0 Å². The second-order valence-corrected chi connectivity index (χ2v) is 5.84. The fraction of sp³-hybridized carbons (Fsp3) is 0.700. The number of nitrogens with zero attached hydrogens (tertiary/aromatic N) is 2. The molecule has 2 N–H and O–H groups in total. The Morgan fingerprint density at radius 3 is 2.76 bits per heavy atom. The van der Waals surface area contributed by atoms with E-state index in [0.717, 1.165) is 13.0 Å². The standard InChI is InChI=1S/C10H20N4O2S/c1-4-9-12-8-10(13-9)17(15,16)14(3)7-5-6-11-2/h8,11H,4-7H2,1-3H3,(H,12,13). The van der Waals surface area contributed by atoms with Gasteiger partial charge < -0.3 is 10.3 Å². The second-order valence-electron chi connectivity index (χ2n) is 3.83. The molecule has 0 aromatic carbocycles. The molecule has 1 aromatic heterocycles. The van der Waals surface area contributed by atoms with Gasteiger partial charge in [0.1, 0.15) is 5.82 Å². The molecule has 0 radical (unpaired) electrons. The summed E-state index contributed by atoms with van der Waals surface area (Å²) in [5.74, 6) is 0.687. The first-order chi connectivity index (χ1) is 8.02. The van der Waals surface area contributed by atoms with E-state index in [9.17, 15) is 8.42 Å². The van der Waals surface area contributed by atoms with Crippen LogP contribution in [0.1, 0.15) is 19.2 Å². The number of nitrogens with one attached hydrogen (secondary N) is 2. The maximum absolute atomic E-state index is 12.1. The van der Waals surface area contributed by atoms with Gasteiger partial charge in [-0.1, -0.05) is 6.92 Å². The van der Waals surface area contributed by atoms with Crippen molar-refractivity contribution in [2.75, 3.05) is 27.2 Å². The third-order valence-electron chi connectivity index (χ3n) is 2.53. The van der Waals surface area contributed by atoms with E-state index >= 15 is 0 Å². The molecule has 0 saturated heterocycles. The minimum absolute atomic E-state index is 0.168. The number of H-pyrrole nitrogens is 1. The number of imidazole rings is 1. The molecule has 0 unspecified atom stereocenters. The third kappa shape index (κ3) is 3.52. The topological polar surface area (TPSA) is 78.1 Å². The summed E-state index contributed by atoms with van der Waals surface area (Å²) in [5, 5.41) is 3.15. The third-order valence-corrected chi connectivity index (χ3v) is 4.29. The van der Waals surface area contributed by atoms with Gasteiger partial charge in [0.05, 0.1) is 6.20 Å². The summed E-state index contributed by atoms with van der Waals surface area (Å²) in [4.78, 5) is 6.82. The van der Waals surface area contributed by atoms with Crippen LogP contribution in [0, 0.1) is 0 Å². The van der Waals surface area contributed by atoms with Crippen LogP contribution in [0.3, 0.4) is 0 Å². The smallest absolute Gasteiger partial charge is 0.259 e. The molecule has 0 aliphatic rings. The molecule has 0 atom stereocenters.